The first kappa shape index (κ1) is 24.2. The van der Waals surface area contributed by atoms with Crippen molar-refractivity contribution in [3.63, 3.8) is 0 Å². The van der Waals surface area contributed by atoms with Gasteiger partial charge in [0.2, 0.25) is 5.91 Å². The average molecular weight is 506 g/mol. The number of anilines is 2. The Balaban J connectivity index is 1.67. The van der Waals surface area contributed by atoms with E-state index >= 15 is 0 Å². The molecule has 8 heteroatoms. The number of carbonyl (C=O) groups excluding carboxylic acids is 2. The van der Waals surface area contributed by atoms with Crippen LogP contribution < -0.4 is 9.80 Å². The third-order valence-corrected chi connectivity index (χ3v) is 6.89. The van der Waals surface area contributed by atoms with Crippen molar-refractivity contribution in [3.05, 3.63) is 93.8 Å². The van der Waals surface area contributed by atoms with Gasteiger partial charge in [0.25, 0.3) is 5.91 Å². The van der Waals surface area contributed by atoms with E-state index in [0.717, 1.165) is 16.8 Å². The number of methoxy groups -OCH3 is 1. The van der Waals surface area contributed by atoms with E-state index < -0.39 is 11.9 Å². The predicted octanol–water partition coefficient (Wildman–Crippen LogP) is 4.44. The standard InChI is InChI=1S/C28H25ClFN3O3/c1-32-25-14-19(6-5-18(25)15-26(32)34)27-22-16-21(30)9-10-24(22)33(11-12-36-2)28(35)23(31-27)13-17-3-7-20(29)8-4-17/h3-10,14,16,23H,11-13,15H2,1-2H3. The number of amides is 2. The topological polar surface area (TPSA) is 62.2 Å². The summed E-state index contributed by atoms with van der Waals surface area (Å²) in [5.41, 5.74) is 4.93. The van der Waals surface area contributed by atoms with Crippen molar-refractivity contribution in [1.82, 2.24) is 0 Å². The van der Waals surface area contributed by atoms with E-state index in [9.17, 15) is 14.0 Å². The Morgan fingerprint density at radius 2 is 1.83 bits per heavy atom. The lowest BCUT2D eigenvalue weighted by molar-refractivity contribution is -0.120. The first-order valence-electron chi connectivity index (χ1n) is 11.7. The summed E-state index contributed by atoms with van der Waals surface area (Å²) in [7, 11) is 3.31. The van der Waals surface area contributed by atoms with Gasteiger partial charge in [0.15, 0.2) is 0 Å². The number of fused-ring (bicyclic) bond motifs is 2. The number of hydrogen-bond donors (Lipinski definition) is 0. The highest BCUT2D eigenvalue weighted by molar-refractivity contribution is 6.30. The molecular formula is C28H25ClFN3O3. The van der Waals surface area contributed by atoms with E-state index in [1.54, 1.807) is 42.2 Å². The van der Waals surface area contributed by atoms with Crippen molar-refractivity contribution in [1.29, 1.82) is 0 Å². The lowest BCUT2D eigenvalue weighted by Gasteiger charge is -2.25. The summed E-state index contributed by atoms with van der Waals surface area (Å²) in [5.74, 6) is -0.610. The molecule has 0 bridgehead atoms. The zero-order valence-electron chi connectivity index (χ0n) is 20.0. The maximum absolute atomic E-state index is 14.6. The van der Waals surface area contributed by atoms with E-state index in [1.165, 1.54) is 12.1 Å². The Labute approximate surface area is 214 Å². The molecule has 2 aliphatic heterocycles. The molecule has 0 saturated carbocycles. The van der Waals surface area contributed by atoms with Crippen LogP contribution in [0, 0.1) is 5.82 Å². The molecule has 5 rings (SSSR count). The molecule has 2 aliphatic rings. The van der Waals surface area contributed by atoms with Crippen LogP contribution >= 0.6 is 11.6 Å². The van der Waals surface area contributed by atoms with Gasteiger partial charge >= 0.3 is 0 Å². The summed E-state index contributed by atoms with van der Waals surface area (Å²) in [6, 6.07) is 16.6. The minimum absolute atomic E-state index is 0.0120. The van der Waals surface area contributed by atoms with Crippen LogP contribution in [0.5, 0.6) is 0 Å². The van der Waals surface area contributed by atoms with E-state index in [4.69, 9.17) is 21.3 Å². The Morgan fingerprint density at radius 3 is 2.58 bits per heavy atom. The largest absolute Gasteiger partial charge is 0.383 e. The molecule has 3 aromatic carbocycles. The molecule has 0 N–H and O–H groups in total. The fourth-order valence-corrected chi connectivity index (χ4v) is 4.85. The van der Waals surface area contributed by atoms with Crippen LogP contribution in [0.15, 0.2) is 65.7 Å². The van der Waals surface area contributed by atoms with Gasteiger partial charge in [-0.3, -0.25) is 14.6 Å². The number of carbonyl (C=O) groups is 2. The summed E-state index contributed by atoms with van der Waals surface area (Å²) < 4.78 is 19.8. The smallest absolute Gasteiger partial charge is 0.252 e. The number of benzodiazepines with no additional fused rings is 1. The summed E-state index contributed by atoms with van der Waals surface area (Å²) >= 11 is 6.06. The Morgan fingerprint density at radius 1 is 1.06 bits per heavy atom. The summed E-state index contributed by atoms with van der Waals surface area (Å²) in [6.45, 7) is 0.618. The van der Waals surface area contributed by atoms with Crippen molar-refractivity contribution in [2.75, 3.05) is 37.1 Å². The third-order valence-electron chi connectivity index (χ3n) is 6.64. The molecule has 1 atom stereocenters. The van der Waals surface area contributed by atoms with Gasteiger partial charge in [-0.2, -0.15) is 0 Å². The van der Waals surface area contributed by atoms with Gasteiger partial charge < -0.3 is 14.5 Å². The molecule has 0 aliphatic carbocycles. The first-order valence-corrected chi connectivity index (χ1v) is 12.1. The van der Waals surface area contributed by atoms with Crippen LogP contribution in [0.2, 0.25) is 5.02 Å². The molecule has 3 aromatic rings. The number of hydrogen-bond acceptors (Lipinski definition) is 4. The summed E-state index contributed by atoms with van der Waals surface area (Å²) in [4.78, 5) is 34.3. The monoisotopic (exact) mass is 505 g/mol. The molecule has 2 heterocycles. The molecule has 6 nitrogen and oxygen atoms in total. The molecule has 2 amide bonds. The van der Waals surface area contributed by atoms with Gasteiger partial charge in [-0.15, -0.1) is 0 Å². The maximum atomic E-state index is 14.6. The van der Waals surface area contributed by atoms with Crippen LogP contribution in [-0.2, 0) is 27.2 Å². The molecule has 0 saturated heterocycles. The third kappa shape index (κ3) is 4.52. The normalized spacial score (nSPS) is 17.1. The molecule has 0 radical (unpaired) electrons. The van der Waals surface area contributed by atoms with Crippen molar-refractivity contribution in [2.24, 2.45) is 4.99 Å². The first-order chi connectivity index (χ1) is 17.4. The zero-order valence-corrected chi connectivity index (χ0v) is 20.8. The van der Waals surface area contributed by atoms with Crippen molar-refractivity contribution in [3.8, 4) is 0 Å². The summed E-state index contributed by atoms with van der Waals surface area (Å²) in [6.07, 6.45) is 0.690. The van der Waals surface area contributed by atoms with Crippen LogP contribution in [0.25, 0.3) is 0 Å². The predicted molar refractivity (Wildman–Crippen MR) is 139 cm³/mol. The molecule has 0 spiro atoms. The van der Waals surface area contributed by atoms with Gasteiger partial charge in [0.1, 0.15) is 11.9 Å². The number of aliphatic imine (C=N–C) groups is 1. The lowest BCUT2D eigenvalue weighted by atomic mass is 9.98. The average Bonchev–Trinajstić information content (AvgIpc) is 3.10. The molecular weight excluding hydrogens is 481 g/mol. The fraction of sp³-hybridized carbons (Fsp3) is 0.250. The molecule has 36 heavy (non-hydrogen) atoms. The highest BCUT2D eigenvalue weighted by Crippen LogP contribution is 2.34. The van der Waals surface area contributed by atoms with Crippen LogP contribution in [0.3, 0.4) is 0 Å². The SMILES string of the molecule is COCCN1C(=O)C(Cc2ccc(Cl)cc2)N=C(c2ccc3c(c2)N(C)C(=O)C3)c2cc(F)ccc21. The Kier molecular flexibility index (Phi) is 6.60. The Hall–Kier alpha value is -3.55. The molecule has 0 fully saturated rings. The van der Waals surface area contributed by atoms with E-state index in [0.29, 0.717) is 53.5 Å². The number of ether oxygens (including phenoxy) is 1. The number of nitrogens with zero attached hydrogens (tertiary/aromatic N) is 3. The minimum Gasteiger partial charge on any atom is -0.383 e. The minimum atomic E-state index is -0.749. The molecule has 184 valence electrons. The number of rotatable bonds is 6. The highest BCUT2D eigenvalue weighted by atomic mass is 35.5. The van der Waals surface area contributed by atoms with Gasteiger partial charge in [-0.25, -0.2) is 4.39 Å². The summed E-state index contributed by atoms with van der Waals surface area (Å²) in [5, 5.41) is 0.608. The van der Waals surface area contributed by atoms with E-state index in [-0.39, 0.29) is 11.8 Å². The van der Waals surface area contributed by atoms with Crippen LogP contribution in [-0.4, -0.2) is 50.9 Å². The van der Waals surface area contributed by atoms with Crippen molar-refractivity contribution in [2.45, 2.75) is 18.9 Å². The van der Waals surface area contributed by atoms with Gasteiger partial charge in [0, 0.05) is 49.0 Å². The van der Waals surface area contributed by atoms with Gasteiger partial charge in [0.05, 0.1) is 24.4 Å². The van der Waals surface area contributed by atoms with Gasteiger partial charge in [-0.1, -0.05) is 35.9 Å². The zero-order chi connectivity index (χ0) is 25.4. The van der Waals surface area contributed by atoms with Crippen molar-refractivity contribution < 1.29 is 18.7 Å². The molecule has 1 unspecified atom stereocenters. The second kappa shape index (κ2) is 9.84. The maximum Gasteiger partial charge on any atom is 0.252 e. The number of benzene rings is 3. The number of likely N-dealkylation sites (N-methyl/N-ethyl adjacent to an activating group) is 1. The second-order valence-corrected chi connectivity index (χ2v) is 9.38. The molecule has 0 aromatic heterocycles. The number of halogens is 2. The fourth-order valence-electron chi connectivity index (χ4n) is 4.72. The quantitative estimate of drug-likeness (QED) is 0.497. The highest BCUT2D eigenvalue weighted by Gasteiger charge is 2.33. The second-order valence-electron chi connectivity index (χ2n) is 8.94. The van der Waals surface area contributed by atoms with Gasteiger partial charge in [-0.05, 0) is 47.5 Å². The van der Waals surface area contributed by atoms with E-state index in [2.05, 4.69) is 0 Å². The van der Waals surface area contributed by atoms with Crippen LogP contribution in [0.4, 0.5) is 15.8 Å². The Bertz CT molecular complexity index is 1370. The lowest BCUT2D eigenvalue weighted by Crippen LogP contribution is -2.40. The van der Waals surface area contributed by atoms with Crippen LogP contribution in [0.1, 0.15) is 22.3 Å². The van der Waals surface area contributed by atoms with Crippen molar-refractivity contribution >= 4 is 40.5 Å². The van der Waals surface area contributed by atoms with E-state index in [1.807, 2.05) is 30.3 Å².